The molecule has 2 aliphatic heterocycles. The number of carbonyl (C=O) groups excluding carboxylic acids is 2. The van der Waals surface area contributed by atoms with Gasteiger partial charge < -0.3 is 18.9 Å². The van der Waals surface area contributed by atoms with E-state index in [1.54, 1.807) is 0 Å². The van der Waals surface area contributed by atoms with E-state index in [0.717, 1.165) is 63.2 Å². The van der Waals surface area contributed by atoms with Gasteiger partial charge in [-0.05, 0) is 37.5 Å². The highest BCUT2D eigenvalue weighted by Crippen LogP contribution is 2.64. The van der Waals surface area contributed by atoms with E-state index in [-0.39, 0.29) is 5.41 Å². The maximum atomic E-state index is 11.9. The van der Waals surface area contributed by atoms with Gasteiger partial charge in [-0.3, -0.25) is 0 Å². The van der Waals surface area contributed by atoms with Gasteiger partial charge in [-0.25, -0.2) is 9.59 Å². The molecule has 1 aliphatic carbocycles. The van der Waals surface area contributed by atoms with E-state index < -0.39 is 23.9 Å². The van der Waals surface area contributed by atoms with Crippen LogP contribution in [-0.4, -0.2) is 23.9 Å². The molecule has 184 valence electrons. The fourth-order valence-corrected chi connectivity index (χ4v) is 5.96. The average Bonchev–Trinajstić information content (AvgIpc) is 2.67. The Kier molecular flexibility index (Phi) is 8.37. The molecule has 0 aromatic carbocycles. The van der Waals surface area contributed by atoms with E-state index in [4.69, 9.17) is 18.9 Å². The molecule has 0 amide bonds. The summed E-state index contributed by atoms with van der Waals surface area (Å²) in [7, 11) is 0. The second kappa shape index (κ2) is 10.6. The molecule has 0 aromatic rings. The molecular weight excluding hydrogens is 408 g/mol. The van der Waals surface area contributed by atoms with Gasteiger partial charge >= 0.3 is 23.9 Å². The minimum Gasteiger partial charge on any atom is -0.382 e. The smallest absolute Gasteiger partial charge is 0.382 e. The first-order valence-electron chi connectivity index (χ1n) is 13.1. The van der Waals surface area contributed by atoms with E-state index in [9.17, 15) is 9.59 Å². The third-order valence-electron chi connectivity index (χ3n) is 7.68. The molecule has 3 aliphatic rings. The van der Waals surface area contributed by atoms with Crippen molar-refractivity contribution in [1.29, 1.82) is 0 Å². The highest BCUT2D eigenvalue weighted by atomic mass is 17.0. The number of ether oxygens (including phenoxy) is 4. The topological polar surface area (TPSA) is 71.1 Å². The molecule has 3 rings (SSSR count). The molecular formula is C26H44O6. The van der Waals surface area contributed by atoms with Crippen LogP contribution in [0, 0.1) is 17.3 Å². The summed E-state index contributed by atoms with van der Waals surface area (Å²) in [6, 6.07) is 0. The summed E-state index contributed by atoms with van der Waals surface area (Å²) in [5, 5.41) is 0. The van der Waals surface area contributed by atoms with Gasteiger partial charge in [-0.1, -0.05) is 91.9 Å². The van der Waals surface area contributed by atoms with Crippen molar-refractivity contribution in [3.8, 4) is 0 Å². The van der Waals surface area contributed by atoms with Crippen LogP contribution < -0.4 is 0 Å². The zero-order valence-corrected chi connectivity index (χ0v) is 20.7. The van der Waals surface area contributed by atoms with Crippen LogP contribution in [0.5, 0.6) is 0 Å². The van der Waals surface area contributed by atoms with Crippen LogP contribution >= 0.6 is 0 Å². The highest BCUT2D eigenvalue weighted by Gasteiger charge is 2.82. The molecule has 0 aromatic heterocycles. The Morgan fingerprint density at radius 1 is 0.656 bits per heavy atom. The predicted octanol–water partition coefficient (Wildman–Crippen LogP) is 7.88. The van der Waals surface area contributed by atoms with Crippen LogP contribution in [0.4, 0.5) is 9.59 Å². The first kappa shape index (κ1) is 25.2. The van der Waals surface area contributed by atoms with Gasteiger partial charge in [0.05, 0.1) is 5.41 Å². The largest absolute Gasteiger partial charge is 0.515 e. The minimum absolute atomic E-state index is 0.365. The van der Waals surface area contributed by atoms with Crippen molar-refractivity contribution in [1.82, 2.24) is 0 Å². The van der Waals surface area contributed by atoms with Crippen molar-refractivity contribution in [3.63, 3.8) is 0 Å². The minimum atomic E-state index is -1.28. The van der Waals surface area contributed by atoms with E-state index in [0.29, 0.717) is 6.42 Å². The molecule has 0 atom stereocenters. The molecule has 0 radical (unpaired) electrons. The number of rotatable bonds is 14. The van der Waals surface area contributed by atoms with Crippen LogP contribution in [0.3, 0.4) is 0 Å². The number of carbonyl (C=O) groups is 2. The summed E-state index contributed by atoms with van der Waals surface area (Å²) in [4.78, 5) is 23.5. The molecule has 32 heavy (non-hydrogen) atoms. The second-order valence-electron chi connectivity index (χ2n) is 11.1. The van der Waals surface area contributed by atoms with Crippen molar-refractivity contribution >= 4 is 12.3 Å². The van der Waals surface area contributed by atoms with E-state index in [1.807, 2.05) is 0 Å². The maximum absolute atomic E-state index is 11.9. The fourth-order valence-electron chi connectivity index (χ4n) is 5.96. The Morgan fingerprint density at radius 3 is 1.56 bits per heavy atom. The summed E-state index contributed by atoms with van der Waals surface area (Å²) < 4.78 is 22.5. The SMILES string of the molecule is CC(C)CCCCCCC1(CCCCCCC(C)C)CCCC2(OC(=O)O2)C12OC(=O)O2. The predicted molar refractivity (Wildman–Crippen MR) is 122 cm³/mol. The Balaban J connectivity index is 1.65. The van der Waals surface area contributed by atoms with Gasteiger partial charge in [0.25, 0.3) is 0 Å². The molecule has 6 nitrogen and oxygen atoms in total. The van der Waals surface area contributed by atoms with Crippen LogP contribution in [0.1, 0.15) is 124 Å². The van der Waals surface area contributed by atoms with Crippen LogP contribution in [0.25, 0.3) is 0 Å². The molecule has 0 unspecified atom stereocenters. The average molecular weight is 453 g/mol. The summed E-state index contributed by atoms with van der Waals surface area (Å²) in [6.07, 6.45) is 14.6. The molecule has 3 fully saturated rings. The van der Waals surface area contributed by atoms with Crippen molar-refractivity contribution in [3.05, 3.63) is 0 Å². The van der Waals surface area contributed by atoms with Gasteiger partial charge in [0.1, 0.15) is 0 Å². The van der Waals surface area contributed by atoms with Crippen LogP contribution in [0.15, 0.2) is 0 Å². The van der Waals surface area contributed by atoms with Crippen molar-refractivity contribution in [2.75, 3.05) is 0 Å². The van der Waals surface area contributed by atoms with Crippen molar-refractivity contribution < 1.29 is 28.5 Å². The number of unbranched alkanes of at least 4 members (excludes halogenated alkanes) is 6. The highest BCUT2D eigenvalue weighted by molar-refractivity contribution is 5.71. The van der Waals surface area contributed by atoms with Gasteiger partial charge in [0, 0.05) is 6.42 Å². The lowest BCUT2D eigenvalue weighted by Gasteiger charge is -2.63. The van der Waals surface area contributed by atoms with E-state index in [1.165, 1.54) is 38.5 Å². The Labute approximate surface area is 194 Å². The normalized spacial score (nSPS) is 22.2. The lowest BCUT2D eigenvalue weighted by molar-refractivity contribution is -0.487. The maximum Gasteiger partial charge on any atom is 0.515 e. The zero-order chi connectivity index (χ0) is 23.2. The summed E-state index contributed by atoms with van der Waals surface area (Å²) >= 11 is 0. The summed E-state index contributed by atoms with van der Waals surface area (Å²) in [5.41, 5.74) is -0.365. The number of hydrogen-bond donors (Lipinski definition) is 0. The van der Waals surface area contributed by atoms with Gasteiger partial charge in [0.2, 0.25) is 0 Å². The second-order valence-corrected chi connectivity index (χ2v) is 11.1. The molecule has 2 heterocycles. The molecule has 0 bridgehead atoms. The first-order valence-corrected chi connectivity index (χ1v) is 13.1. The lowest BCUT2D eigenvalue weighted by atomic mass is 9.60. The molecule has 0 N–H and O–H groups in total. The van der Waals surface area contributed by atoms with Crippen LogP contribution in [0.2, 0.25) is 0 Å². The third kappa shape index (κ3) is 5.20. The van der Waals surface area contributed by atoms with Crippen molar-refractivity contribution in [2.24, 2.45) is 17.3 Å². The molecule has 2 spiro atoms. The fraction of sp³-hybridized carbons (Fsp3) is 0.923. The molecule has 1 saturated carbocycles. The Bertz CT molecular complexity index is 604. The van der Waals surface area contributed by atoms with Gasteiger partial charge in [0.15, 0.2) is 0 Å². The molecule has 6 heteroatoms. The van der Waals surface area contributed by atoms with E-state index >= 15 is 0 Å². The number of hydrogen-bond acceptors (Lipinski definition) is 6. The van der Waals surface area contributed by atoms with E-state index in [2.05, 4.69) is 27.7 Å². The Morgan fingerprint density at radius 2 is 1.12 bits per heavy atom. The van der Waals surface area contributed by atoms with Gasteiger partial charge in [-0.2, -0.15) is 0 Å². The standard InChI is InChI=1S/C26H44O6/c1-20(2)14-9-5-7-11-16-24(17-12-8-6-10-15-21(3)4)18-13-19-25(29-22(27)30-25)26(24)31-23(28)32-26/h20-21H,5-19H2,1-4H3. The first-order chi connectivity index (χ1) is 15.2. The quantitative estimate of drug-likeness (QED) is 0.197. The monoisotopic (exact) mass is 452 g/mol. The van der Waals surface area contributed by atoms with Gasteiger partial charge in [-0.15, -0.1) is 0 Å². The zero-order valence-electron chi connectivity index (χ0n) is 20.7. The van der Waals surface area contributed by atoms with Crippen LogP contribution in [-0.2, 0) is 18.9 Å². The lowest BCUT2D eigenvalue weighted by Crippen LogP contribution is -2.80. The summed E-state index contributed by atoms with van der Waals surface area (Å²) in [6.45, 7) is 9.07. The number of fused-ring (bicyclic) bond motifs is 1. The molecule has 2 saturated heterocycles. The Hall–Kier alpha value is -1.46. The van der Waals surface area contributed by atoms with Crippen molar-refractivity contribution in [2.45, 2.75) is 136 Å². The summed E-state index contributed by atoms with van der Waals surface area (Å²) in [5.74, 6) is -1.05. The third-order valence-corrected chi connectivity index (χ3v) is 7.68.